The molecule has 1 N–H and O–H groups in total. The summed E-state index contributed by atoms with van der Waals surface area (Å²) < 4.78 is 14.0. The Morgan fingerprint density at radius 1 is 1.41 bits per heavy atom. The molecule has 3 nitrogen and oxygen atoms in total. The Morgan fingerprint density at radius 2 is 2.24 bits per heavy atom. The number of nitrogens with one attached hydrogen (secondary N) is 1. The zero-order valence-electron chi connectivity index (χ0n) is 9.16. The van der Waals surface area contributed by atoms with Gasteiger partial charge in [0.2, 0.25) is 6.08 Å². The molecule has 0 spiro atoms. The molecule has 0 unspecified atom stereocenters. The van der Waals surface area contributed by atoms with Crippen LogP contribution in [-0.2, 0) is 10.3 Å². The Labute approximate surface area is 97.4 Å². The number of carbonyl (C=O) groups excluding carboxylic acids is 1. The molecule has 0 amide bonds. The van der Waals surface area contributed by atoms with Crippen molar-refractivity contribution < 1.29 is 9.18 Å². The van der Waals surface area contributed by atoms with Gasteiger partial charge in [-0.25, -0.2) is 9.18 Å². The second-order valence-electron chi connectivity index (χ2n) is 4.49. The molecule has 0 saturated heterocycles. The van der Waals surface area contributed by atoms with Gasteiger partial charge in [-0.15, -0.1) is 0 Å². The van der Waals surface area contributed by atoms with E-state index >= 15 is 0 Å². The molecule has 4 heteroatoms. The number of aromatic amines is 1. The molecule has 1 aliphatic carbocycles. The summed E-state index contributed by atoms with van der Waals surface area (Å²) >= 11 is 0. The van der Waals surface area contributed by atoms with Gasteiger partial charge in [0.1, 0.15) is 11.4 Å². The maximum absolute atomic E-state index is 14.0. The van der Waals surface area contributed by atoms with Crippen molar-refractivity contribution in [3.05, 3.63) is 35.8 Å². The average molecular weight is 230 g/mol. The Hall–Kier alpha value is -1.93. The van der Waals surface area contributed by atoms with Gasteiger partial charge in [-0.05, 0) is 37.5 Å². The Bertz CT molecular complexity index is 621. The highest BCUT2D eigenvalue weighted by atomic mass is 19.1. The molecule has 0 bridgehead atoms. The van der Waals surface area contributed by atoms with Crippen LogP contribution >= 0.6 is 0 Å². The third-order valence-corrected chi connectivity index (χ3v) is 3.58. The van der Waals surface area contributed by atoms with E-state index in [0.717, 1.165) is 17.3 Å². The van der Waals surface area contributed by atoms with Crippen molar-refractivity contribution in [2.24, 2.45) is 4.99 Å². The maximum atomic E-state index is 14.0. The summed E-state index contributed by atoms with van der Waals surface area (Å²) in [5.41, 5.74) is 0.696. The number of hydrogen-bond donors (Lipinski definition) is 1. The third-order valence-electron chi connectivity index (χ3n) is 3.58. The number of nitrogens with zero attached hydrogens (tertiary/aromatic N) is 1. The van der Waals surface area contributed by atoms with Crippen molar-refractivity contribution in [2.75, 3.05) is 0 Å². The van der Waals surface area contributed by atoms with Crippen molar-refractivity contribution in [2.45, 2.75) is 24.8 Å². The second kappa shape index (κ2) is 3.54. The highest BCUT2D eigenvalue weighted by Crippen LogP contribution is 2.46. The summed E-state index contributed by atoms with van der Waals surface area (Å²) in [6.45, 7) is 0. The molecule has 0 aliphatic heterocycles. The lowest BCUT2D eigenvalue weighted by molar-refractivity contribution is 0.248. The zero-order valence-corrected chi connectivity index (χ0v) is 9.16. The van der Waals surface area contributed by atoms with Gasteiger partial charge in [0.15, 0.2) is 0 Å². The highest BCUT2D eigenvalue weighted by Gasteiger charge is 2.41. The van der Waals surface area contributed by atoms with E-state index in [0.29, 0.717) is 18.4 Å². The van der Waals surface area contributed by atoms with Gasteiger partial charge in [-0.3, -0.25) is 0 Å². The van der Waals surface area contributed by atoms with E-state index in [-0.39, 0.29) is 5.82 Å². The molecular weight excluding hydrogens is 219 g/mol. The summed E-state index contributed by atoms with van der Waals surface area (Å²) in [5.74, 6) is -0.296. The molecule has 0 radical (unpaired) electrons. The molecule has 0 atom stereocenters. The molecule has 17 heavy (non-hydrogen) atoms. The number of halogens is 1. The van der Waals surface area contributed by atoms with Crippen molar-refractivity contribution in [3.8, 4) is 0 Å². The van der Waals surface area contributed by atoms with E-state index in [1.54, 1.807) is 18.3 Å². The topological polar surface area (TPSA) is 45.2 Å². The molecule has 1 saturated carbocycles. The van der Waals surface area contributed by atoms with Gasteiger partial charge in [-0.2, -0.15) is 4.99 Å². The Morgan fingerprint density at radius 3 is 2.88 bits per heavy atom. The number of aromatic nitrogens is 1. The van der Waals surface area contributed by atoms with Crippen molar-refractivity contribution in [1.29, 1.82) is 0 Å². The van der Waals surface area contributed by atoms with Crippen LogP contribution in [-0.4, -0.2) is 11.1 Å². The number of rotatable bonds is 2. The summed E-state index contributed by atoms with van der Waals surface area (Å²) in [6.07, 6.45) is 5.74. The highest BCUT2D eigenvalue weighted by molar-refractivity contribution is 5.80. The van der Waals surface area contributed by atoms with E-state index in [9.17, 15) is 9.18 Å². The summed E-state index contributed by atoms with van der Waals surface area (Å²) in [5, 5.41) is 0.829. The zero-order chi connectivity index (χ0) is 11.9. The third kappa shape index (κ3) is 1.41. The monoisotopic (exact) mass is 230 g/mol. The predicted molar refractivity (Wildman–Crippen MR) is 61.9 cm³/mol. The largest absolute Gasteiger partial charge is 0.361 e. The van der Waals surface area contributed by atoms with Crippen LogP contribution in [0, 0.1) is 5.82 Å². The molecule has 86 valence electrons. The van der Waals surface area contributed by atoms with Gasteiger partial charge in [0.05, 0.1) is 0 Å². The minimum absolute atomic E-state index is 0.296. The van der Waals surface area contributed by atoms with E-state index in [4.69, 9.17) is 0 Å². The number of aliphatic imine (C=N–C) groups is 1. The number of benzene rings is 1. The lowest BCUT2D eigenvalue weighted by atomic mass is 9.72. The van der Waals surface area contributed by atoms with Crippen LogP contribution in [0.3, 0.4) is 0 Å². The second-order valence-corrected chi connectivity index (χ2v) is 4.49. The molecule has 1 aromatic heterocycles. The maximum Gasteiger partial charge on any atom is 0.235 e. The van der Waals surface area contributed by atoms with Crippen LogP contribution in [0.15, 0.2) is 29.4 Å². The molecule has 2 aromatic rings. The van der Waals surface area contributed by atoms with E-state index in [1.165, 1.54) is 6.07 Å². The van der Waals surface area contributed by atoms with Gasteiger partial charge < -0.3 is 4.98 Å². The molecule has 1 heterocycles. The minimum atomic E-state index is -0.675. The van der Waals surface area contributed by atoms with Crippen LogP contribution in [0.1, 0.15) is 24.8 Å². The van der Waals surface area contributed by atoms with Gasteiger partial charge in [-0.1, -0.05) is 0 Å². The number of isocyanates is 1. The van der Waals surface area contributed by atoms with Crippen LogP contribution in [0.5, 0.6) is 0 Å². The molecule has 1 fully saturated rings. The van der Waals surface area contributed by atoms with E-state index in [1.807, 2.05) is 6.07 Å². The fourth-order valence-corrected chi connectivity index (χ4v) is 2.47. The van der Waals surface area contributed by atoms with Crippen LogP contribution < -0.4 is 0 Å². The lowest BCUT2D eigenvalue weighted by Gasteiger charge is -2.37. The summed E-state index contributed by atoms with van der Waals surface area (Å²) in [6, 6.07) is 5.06. The smallest absolute Gasteiger partial charge is 0.235 e. The first-order valence-corrected chi connectivity index (χ1v) is 5.61. The molecular formula is C13H11FN2O. The first kappa shape index (κ1) is 10.2. The minimum Gasteiger partial charge on any atom is -0.361 e. The van der Waals surface area contributed by atoms with Crippen LogP contribution in [0.2, 0.25) is 0 Å². The predicted octanol–water partition coefficient (Wildman–Crippen LogP) is 3.02. The fraction of sp³-hybridized carbons (Fsp3) is 0.308. The van der Waals surface area contributed by atoms with Crippen LogP contribution in [0.25, 0.3) is 10.9 Å². The number of hydrogen-bond acceptors (Lipinski definition) is 2. The van der Waals surface area contributed by atoms with Gasteiger partial charge >= 0.3 is 0 Å². The van der Waals surface area contributed by atoms with Gasteiger partial charge in [0, 0.05) is 22.7 Å². The number of H-pyrrole nitrogens is 1. The lowest BCUT2D eigenvalue weighted by Crippen LogP contribution is -2.32. The van der Waals surface area contributed by atoms with Crippen LogP contribution in [0.4, 0.5) is 4.39 Å². The summed E-state index contributed by atoms with van der Waals surface area (Å²) in [7, 11) is 0. The SMILES string of the molecule is O=C=NC1(c2cc3[nH]ccc3cc2F)CCC1. The molecule has 1 aliphatic rings. The Balaban J connectivity index is 2.21. The first-order chi connectivity index (χ1) is 8.25. The van der Waals surface area contributed by atoms with E-state index in [2.05, 4.69) is 9.98 Å². The van der Waals surface area contributed by atoms with E-state index < -0.39 is 5.54 Å². The summed E-state index contributed by atoms with van der Waals surface area (Å²) in [4.78, 5) is 17.4. The standard InChI is InChI=1S/C13H11FN2O/c14-11-6-9-2-5-15-12(9)7-10(11)13(16-8-17)3-1-4-13/h2,5-7,15H,1,3-4H2. The quantitative estimate of drug-likeness (QED) is 0.625. The fourth-order valence-electron chi connectivity index (χ4n) is 2.47. The average Bonchev–Trinajstić information content (AvgIpc) is 2.69. The number of fused-ring (bicyclic) bond motifs is 1. The normalized spacial score (nSPS) is 17.5. The van der Waals surface area contributed by atoms with Crippen molar-refractivity contribution in [1.82, 2.24) is 4.98 Å². The molecule has 3 rings (SSSR count). The van der Waals surface area contributed by atoms with Gasteiger partial charge in [0.25, 0.3) is 0 Å². The first-order valence-electron chi connectivity index (χ1n) is 5.61. The Kier molecular flexibility index (Phi) is 2.13. The van der Waals surface area contributed by atoms with Crippen molar-refractivity contribution in [3.63, 3.8) is 0 Å². The van der Waals surface area contributed by atoms with Crippen molar-refractivity contribution >= 4 is 17.0 Å². The molecule has 1 aromatic carbocycles.